The van der Waals surface area contributed by atoms with Crippen molar-refractivity contribution in [3.05, 3.63) is 199 Å². The number of likely N-dealkylation sites (tertiary alicyclic amines) is 1. The summed E-state index contributed by atoms with van der Waals surface area (Å²) in [6.45, 7) is 14.8. The molecule has 11 nitrogen and oxygen atoms in total. The summed E-state index contributed by atoms with van der Waals surface area (Å²) >= 11 is 24.7. The van der Waals surface area contributed by atoms with Crippen LogP contribution in [0.3, 0.4) is 0 Å². The Morgan fingerprint density at radius 2 is 1.11 bits per heavy atom. The van der Waals surface area contributed by atoms with Gasteiger partial charge in [0.2, 0.25) is 11.8 Å². The molecule has 10 rings (SSSR count). The molecule has 6 aromatic rings. The summed E-state index contributed by atoms with van der Waals surface area (Å²) in [6.07, 6.45) is 7.49. The van der Waals surface area contributed by atoms with Gasteiger partial charge in [-0.1, -0.05) is 209 Å². The second-order valence-electron chi connectivity index (χ2n) is 26.9. The van der Waals surface area contributed by atoms with Crippen molar-refractivity contribution >= 4 is 81.7 Å². The van der Waals surface area contributed by atoms with Crippen LogP contribution in [0, 0.1) is 23.7 Å². The summed E-state index contributed by atoms with van der Waals surface area (Å²) < 4.78 is 6.06. The molecule has 3 saturated heterocycles. The van der Waals surface area contributed by atoms with Gasteiger partial charge in [0, 0.05) is 63.8 Å². The highest BCUT2D eigenvalue weighted by Gasteiger charge is 2.47. The van der Waals surface area contributed by atoms with Gasteiger partial charge >= 0.3 is 6.09 Å². The van der Waals surface area contributed by atoms with E-state index in [1.807, 2.05) is 98.5 Å². The van der Waals surface area contributed by atoms with Crippen molar-refractivity contribution in [3.8, 4) is 11.1 Å². The largest absolute Gasteiger partial charge is 0.448 e. The number of hydrogen-bond donors (Lipinski definition) is 0. The van der Waals surface area contributed by atoms with E-state index in [9.17, 15) is 28.8 Å². The van der Waals surface area contributed by atoms with Crippen molar-refractivity contribution in [2.75, 3.05) is 32.8 Å². The number of Topliss-reactive ketones (excluding diaryl/α,β-unsaturated/α-hetero) is 3. The van der Waals surface area contributed by atoms with Crippen LogP contribution in [0.25, 0.3) is 11.1 Å². The maximum Gasteiger partial charge on any atom is 0.410 e. The van der Waals surface area contributed by atoms with Gasteiger partial charge in [-0.2, -0.15) is 0 Å². The van der Waals surface area contributed by atoms with E-state index in [1.54, 1.807) is 23.1 Å². The monoisotopic (exact) mass is 1320 g/mol. The van der Waals surface area contributed by atoms with Crippen LogP contribution in [0.4, 0.5) is 4.79 Å². The first kappa shape index (κ1) is 70.0. The molecule has 488 valence electrons. The van der Waals surface area contributed by atoms with Crippen molar-refractivity contribution in [3.63, 3.8) is 0 Å². The zero-order valence-electron chi connectivity index (χ0n) is 54.2. The van der Waals surface area contributed by atoms with Gasteiger partial charge in [-0.15, -0.1) is 0 Å². The minimum absolute atomic E-state index is 0.0152. The standard InChI is InChI=1S/C46H50Cl2N2O5.C31H40Cl2N2O2/c1-30(2)25-42(44(52)22-19-33-18-21-40(47)41(48)27-33)49(24-23-34(51)20-17-32-11-5-4-6-12-32)45(53)43-26-31(3)28-50(43)46(54)55-29-39-37-15-9-7-13-35(37)36-14-8-10-16-38(36)39;1-21(2)17-28(30(36)14-11-24-10-13-26(32)27(33)19-24)34-16-15-25(12-9-23-7-5-4-6-8-23)35-20-22(3)18-29(35)31(34)37/h4-16,18,21,27,30-31,39,42-43H,17,19-20,22-26,28-29H2,1-3H3;4-8,10,13,19,21-22,25,28-29H,9,11-12,14-18,20H2,1-3H3/t31-,42-,43+;22-,25?,28-,29+/m11/s1. The minimum Gasteiger partial charge on any atom is -0.448 e. The molecule has 3 aliphatic heterocycles. The minimum atomic E-state index is -0.817. The highest BCUT2D eigenvalue weighted by molar-refractivity contribution is 6.42. The Labute approximate surface area is 565 Å². The lowest BCUT2D eigenvalue weighted by molar-refractivity contribution is -0.144. The van der Waals surface area contributed by atoms with E-state index < -0.39 is 18.2 Å². The van der Waals surface area contributed by atoms with Crippen LogP contribution in [-0.4, -0.2) is 118 Å². The molecule has 3 heterocycles. The van der Waals surface area contributed by atoms with Gasteiger partial charge in [-0.25, -0.2) is 4.79 Å². The lowest BCUT2D eigenvalue weighted by atomic mass is 9.93. The number of ether oxygens (including phenoxy) is 1. The predicted molar refractivity (Wildman–Crippen MR) is 371 cm³/mol. The van der Waals surface area contributed by atoms with Gasteiger partial charge in [0.1, 0.15) is 18.4 Å². The molecule has 0 saturated carbocycles. The SMILES string of the molecule is CC(C)C[C@H](C(=O)CCc1ccc(Cl)c(Cl)c1)N(CCC(=O)CCc1ccccc1)C(=O)[C@@H]1C[C@@H](C)CN1C(=O)OCC1c2ccccc2-c2ccccc21.CC(C)C[C@H](C(=O)CCc1ccc(Cl)c(Cl)c1)N1CCC(CCc2ccccc2)N2C[C@H](C)C[C@H]2C1=O. The van der Waals surface area contributed by atoms with Crippen molar-refractivity contribution in [1.29, 1.82) is 0 Å². The summed E-state index contributed by atoms with van der Waals surface area (Å²) in [5.41, 5.74) is 8.76. The molecule has 92 heavy (non-hydrogen) atoms. The van der Waals surface area contributed by atoms with Crippen molar-refractivity contribution in [2.24, 2.45) is 23.7 Å². The quantitative estimate of drug-likeness (QED) is 0.0526. The number of fused-ring (bicyclic) bond motifs is 4. The van der Waals surface area contributed by atoms with Gasteiger partial charge in [0.05, 0.1) is 38.2 Å². The molecule has 0 N–H and O–H groups in total. The maximum atomic E-state index is 14.9. The van der Waals surface area contributed by atoms with E-state index >= 15 is 0 Å². The molecule has 0 radical (unpaired) electrons. The molecule has 7 atom stereocenters. The third-order valence-electron chi connectivity index (χ3n) is 18.9. The Hall–Kier alpha value is -6.34. The van der Waals surface area contributed by atoms with Crippen LogP contribution < -0.4 is 0 Å². The number of benzene rings is 6. The van der Waals surface area contributed by atoms with E-state index in [2.05, 4.69) is 80.3 Å². The molecule has 3 fully saturated rings. The number of carbonyl (C=O) groups excluding carboxylic acids is 6. The number of amides is 3. The molecule has 4 aliphatic rings. The van der Waals surface area contributed by atoms with Crippen molar-refractivity contribution in [1.82, 2.24) is 19.6 Å². The average Bonchev–Trinajstić information content (AvgIpc) is 1.64. The lowest BCUT2D eigenvalue weighted by Crippen LogP contribution is -2.54. The Kier molecular flexibility index (Phi) is 25.2. The van der Waals surface area contributed by atoms with Crippen LogP contribution in [0.2, 0.25) is 20.1 Å². The fourth-order valence-electron chi connectivity index (χ4n) is 14.2. The van der Waals surface area contributed by atoms with Gasteiger partial charge in [0.15, 0.2) is 11.6 Å². The van der Waals surface area contributed by atoms with E-state index in [0.29, 0.717) is 102 Å². The number of hydrogen-bond acceptors (Lipinski definition) is 8. The number of aryl methyl sites for hydroxylation is 4. The van der Waals surface area contributed by atoms with Crippen LogP contribution in [0.5, 0.6) is 0 Å². The first-order valence-corrected chi connectivity index (χ1v) is 34.7. The zero-order valence-corrected chi connectivity index (χ0v) is 57.2. The Morgan fingerprint density at radius 3 is 1.68 bits per heavy atom. The number of rotatable bonds is 26. The fourth-order valence-corrected chi connectivity index (χ4v) is 14.8. The topological polar surface area (TPSA) is 125 Å². The van der Waals surface area contributed by atoms with E-state index in [-0.39, 0.29) is 85.0 Å². The van der Waals surface area contributed by atoms with Crippen molar-refractivity contribution < 1.29 is 33.5 Å². The maximum absolute atomic E-state index is 14.9. The summed E-state index contributed by atoms with van der Waals surface area (Å²) in [6, 6.07) is 45.9. The van der Waals surface area contributed by atoms with Crippen LogP contribution >= 0.6 is 46.4 Å². The van der Waals surface area contributed by atoms with Gasteiger partial charge in [-0.05, 0) is 157 Å². The highest BCUT2D eigenvalue weighted by atomic mass is 35.5. The molecular weight excluding hydrogens is 1230 g/mol. The molecule has 15 heteroatoms. The fraction of sp³-hybridized carbons (Fsp3) is 0.455. The lowest BCUT2D eigenvalue weighted by Gasteiger charge is -2.36. The summed E-state index contributed by atoms with van der Waals surface area (Å²) in [7, 11) is 0. The van der Waals surface area contributed by atoms with E-state index in [1.165, 1.54) is 10.5 Å². The van der Waals surface area contributed by atoms with Gasteiger partial charge in [-0.3, -0.25) is 33.8 Å². The van der Waals surface area contributed by atoms with E-state index in [4.69, 9.17) is 51.1 Å². The molecular formula is C77H90Cl4N4O7. The second-order valence-corrected chi connectivity index (χ2v) is 28.5. The van der Waals surface area contributed by atoms with Crippen molar-refractivity contribution in [2.45, 2.75) is 168 Å². The zero-order chi connectivity index (χ0) is 65.6. The third-order valence-corrected chi connectivity index (χ3v) is 20.4. The van der Waals surface area contributed by atoms with Crippen LogP contribution in [0.1, 0.15) is 145 Å². The smallest absolute Gasteiger partial charge is 0.410 e. The molecule has 3 amide bonds. The number of carbonyl (C=O) groups is 6. The van der Waals surface area contributed by atoms with E-state index in [0.717, 1.165) is 71.2 Å². The first-order valence-electron chi connectivity index (χ1n) is 33.2. The molecule has 0 bridgehead atoms. The van der Waals surface area contributed by atoms with Gasteiger partial charge < -0.3 is 14.5 Å². The number of ketones is 3. The Bertz CT molecular complexity index is 3460. The molecule has 0 aromatic heterocycles. The molecule has 1 unspecified atom stereocenters. The average molecular weight is 1330 g/mol. The number of nitrogens with zero attached hydrogens (tertiary/aromatic N) is 4. The molecule has 0 spiro atoms. The number of halogens is 4. The second kappa shape index (κ2) is 33.2. The summed E-state index contributed by atoms with van der Waals surface area (Å²) in [5, 5.41) is 1.88. The molecule has 1 aliphatic carbocycles. The predicted octanol–water partition coefficient (Wildman–Crippen LogP) is 16.8. The van der Waals surface area contributed by atoms with Gasteiger partial charge in [0.25, 0.3) is 0 Å². The third kappa shape index (κ3) is 18.3. The Balaban J connectivity index is 0.000000235. The van der Waals surface area contributed by atoms with Crippen LogP contribution in [0.15, 0.2) is 146 Å². The first-order chi connectivity index (χ1) is 44.2. The van der Waals surface area contributed by atoms with Crippen LogP contribution in [-0.2, 0) is 54.4 Å². The normalized spacial score (nSPS) is 19.4. The molecule has 6 aromatic carbocycles. The highest BCUT2D eigenvalue weighted by Crippen LogP contribution is 2.45. The summed E-state index contributed by atoms with van der Waals surface area (Å²) in [5.74, 6) is 0.721. The summed E-state index contributed by atoms with van der Waals surface area (Å²) in [4.78, 5) is 91.5. The Morgan fingerprint density at radius 1 is 0.576 bits per heavy atom.